The molecule has 0 saturated carbocycles. The molecule has 1 N–H and O–H groups in total. The number of aryl methyl sites for hydroxylation is 2. The van der Waals surface area contributed by atoms with Crippen molar-refractivity contribution in [3.8, 4) is 0 Å². The van der Waals surface area contributed by atoms with Crippen LogP contribution in [0.5, 0.6) is 0 Å². The second-order valence-corrected chi connectivity index (χ2v) is 9.29. The average Bonchev–Trinajstić information content (AvgIpc) is 3.27. The molecule has 0 aliphatic heterocycles. The molecule has 0 unspecified atom stereocenters. The van der Waals surface area contributed by atoms with Gasteiger partial charge in [0.15, 0.2) is 5.16 Å². The molecule has 2 aromatic heterocycles. The van der Waals surface area contributed by atoms with E-state index in [1.807, 2.05) is 50.2 Å². The molecular weight excluding hydrogens is 404 g/mol. The predicted molar refractivity (Wildman–Crippen MR) is 122 cm³/mol. The summed E-state index contributed by atoms with van der Waals surface area (Å²) in [5.74, 6) is 0.0941. The Morgan fingerprint density at radius 2 is 2.03 bits per heavy atom. The first-order chi connectivity index (χ1) is 14.0. The van der Waals surface area contributed by atoms with Crippen LogP contribution in [-0.4, -0.2) is 35.3 Å². The van der Waals surface area contributed by atoms with Gasteiger partial charge in [-0.25, -0.2) is 4.98 Å². The Hall–Kier alpha value is -2.32. The summed E-state index contributed by atoms with van der Waals surface area (Å²) in [5.41, 5.74) is 3.05. The van der Waals surface area contributed by atoms with Gasteiger partial charge in [0.05, 0.1) is 11.1 Å². The van der Waals surface area contributed by atoms with Crippen molar-refractivity contribution in [3.63, 3.8) is 0 Å². The minimum absolute atomic E-state index is 0.0269. The Balaban J connectivity index is 1.50. The number of thioether (sulfide) groups is 1. The molecule has 2 heterocycles. The molecule has 0 atom stereocenters. The molecule has 3 aromatic rings. The standard InChI is InChI=1S/C21H24N4O2S2/c1-4-25-20(27)18-15-6-5-7-16(15)29-19(18)23-21(25)28-12-17(26)22-13-8-10-14(11-9-13)24(2)3/h8-11H,4-7,12H2,1-3H3,(H,22,26). The van der Waals surface area contributed by atoms with Crippen LogP contribution in [0.15, 0.2) is 34.2 Å². The maximum Gasteiger partial charge on any atom is 0.263 e. The molecule has 0 fully saturated rings. The summed E-state index contributed by atoms with van der Waals surface area (Å²) in [7, 11) is 3.95. The highest BCUT2D eigenvalue weighted by Gasteiger charge is 2.23. The van der Waals surface area contributed by atoms with Crippen LogP contribution in [0.3, 0.4) is 0 Å². The van der Waals surface area contributed by atoms with Crippen molar-refractivity contribution in [1.29, 1.82) is 0 Å². The van der Waals surface area contributed by atoms with Crippen molar-refractivity contribution < 1.29 is 4.79 Å². The number of fused-ring (bicyclic) bond motifs is 3. The summed E-state index contributed by atoms with van der Waals surface area (Å²) in [6, 6.07) is 7.70. The van der Waals surface area contributed by atoms with Crippen molar-refractivity contribution in [2.45, 2.75) is 37.9 Å². The van der Waals surface area contributed by atoms with E-state index < -0.39 is 0 Å². The molecule has 1 aliphatic carbocycles. The van der Waals surface area contributed by atoms with Gasteiger partial charge < -0.3 is 10.2 Å². The largest absolute Gasteiger partial charge is 0.378 e. The van der Waals surface area contributed by atoms with Gasteiger partial charge in [0.2, 0.25) is 5.91 Å². The summed E-state index contributed by atoms with van der Waals surface area (Å²) < 4.78 is 1.69. The van der Waals surface area contributed by atoms with Crippen molar-refractivity contribution in [3.05, 3.63) is 45.1 Å². The molecule has 1 amide bonds. The highest BCUT2D eigenvalue weighted by molar-refractivity contribution is 7.99. The number of aromatic nitrogens is 2. The molecule has 152 valence electrons. The molecule has 1 aromatic carbocycles. The Bertz CT molecular complexity index is 1120. The Morgan fingerprint density at radius 3 is 2.72 bits per heavy atom. The number of rotatable bonds is 6. The molecular formula is C21H24N4O2S2. The van der Waals surface area contributed by atoms with E-state index in [0.29, 0.717) is 11.7 Å². The number of nitrogens with one attached hydrogen (secondary N) is 1. The molecule has 0 spiro atoms. The third-order valence-corrected chi connectivity index (χ3v) is 7.27. The number of hydrogen-bond acceptors (Lipinski definition) is 6. The van der Waals surface area contributed by atoms with Gasteiger partial charge in [0.1, 0.15) is 4.83 Å². The number of benzene rings is 1. The number of anilines is 2. The minimum atomic E-state index is -0.113. The zero-order valence-corrected chi connectivity index (χ0v) is 18.5. The van der Waals surface area contributed by atoms with Crippen molar-refractivity contribution in [2.75, 3.05) is 30.1 Å². The third kappa shape index (κ3) is 3.91. The van der Waals surface area contributed by atoms with Gasteiger partial charge in [-0.2, -0.15) is 0 Å². The molecule has 0 radical (unpaired) electrons. The second kappa shape index (κ2) is 8.20. The maximum absolute atomic E-state index is 13.0. The fourth-order valence-corrected chi connectivity index (χ4v) is 5.78. The van der Waals surface area contributed by atoms with Crippen LogP contribution in [0.2, 0.25) is 0 Å². The summed E-state index contributed by atoms with van der Waals surface area (Å²) in [4.78, 5) is 34.3. The molecule has 29 heavy (non-hydrogen) atoms. The first-order valence-electron chi connectivity index (χ1n) is 9.73. The van der Waals surface area contributed by atoms with Gasteiger partial charge in [-0.1, -0.05) is 11.8 Å². The lowest BCUT2D eigenvalue weighted by molar-refractivity contribution is -0.113. The van der Waals surface area contributed by atoms with Crippen molar-refractivity contribution in [1.82, 2.24) is 9.55 Å². The van der Waals surface area contributed by atoms with Gasteiger partial charge >= 0.3 is 0 Å². The van der Waals surface area contributed by atoms with E-state index in [2.05, 4.69) is 5.32 Å². The van der Waals surface area contributed by atoms with Gasteiger partial charge in [-0.15, -0.1) is 11.3 Å². The van der Waals surface area contributed by atoms with Gasteiger partial charge in [0, 0.05) is 36.9 Å². The summed E-state index contributed by atoms with van der Waals surface area (Å²) in [6.45, 7) is 2.49. The Labute approximate surface area is 177 Å². The maximum atomic E-state index is 13.0. The Kier molecular flexibility index (Phi) is 5.65. The van der Waals surface area contributed by atoms with E-state index in [9.17, 15) is 9.59 Å². The first kappa shape index (κ1) is 20.0. The fourth-order valence-electron chi connectivity index (χ4n) is 3.62. The van der Waals surface area contributed by atoms with Crippen LogP contribution in [0.4, 0.5) is 11.4 Å². The van der Waals surface area contributed by atoms with Gasteiger partial charge in [-0.05, 0) is 56.0 Å². The van der Waals surface area contributed by atoms with E-state index in [0.717, 1.165) is 40.9 Å². The number of amides is 1. The van der Waals surface area contributed by atoms with E-state index in [1.165, 1.54) is 22.2 Å². The monoisotopic (exact) mass is 428 g/mol. The fraction of sp³-hybridized carbons (Fsp3) is 0.381. The molecule has 4 rings (SSSR count). The third-order valence-electron chi connectivity index (χ3n) is 5.11. The van der Waals surface area contributed by atoms with Gasteiger partial charge in [-0.3, -0.25) is 14.2 Å². The Morgan fingerprint density at radius 1 is 1.28 bits per heavy atom. The van der Waals surface area contributed by atoms with Crippen LogP contribution >= 0.6 is 23.1 Å². The van der Waals surface area contributed by atoms with Crippen LogP contribution < -0.4 is 15.8 Å². The molecule has 0 saturated heterocycles. The number of thiophene rings is 1. The normalized spacial score (nSPS) is 12.9. The summed E-state index contributed by atoms with van der Waals surface area (Å²) in [5, 5.41) is 4.31. The zero-order valence-electron chi connectivity index (χ0n) is 16.8. The summed E-state index contributed by atoms with van der Waals surface area (Å²) in [6.07, 6.45) is 3.13. The SMILES string of the molecule is CCn1c(SCC(=O)Nc2ccc(N(C)C)cc2)nc2sc3c(c2c1=O)CCC3. The topological polar surface area (TPSA) is 67.2 Å². The number of nitrogens with zero attached hydrogens (tertiary/aromatic N) is 3. The van der Waals surface area contributed by atoms with Gasteiger partial charge in [0.25, 0.3) is 5.56 Å². The molecule has 6 nitrogen and oxygen atoms in total. The van der Waals surface area contributed by atoms with Crippen molar-refractivity contribution >= 4 is 50.6 Å². The second-order valence-electron chi connectivity index (χ2n) is 7.26. The molecule has 8 heteroatoms. The number of carbonyl (C=O) groups is 1. The lowest BCUT2D eigenvalue weighted by atomic mass is 10.2. The minimum Gasteiger partial charge on any atom is -0.378 e. The van der Waals surface area contributed by atoms with E-state index in [1.54, 1.807) is 15.9 Å². The predicted octanol–water partition coefficient (Wildman–Crippen LogP) is 3.76. The lowest BCUT2D eigenvalue weighted by Gasteiger charge is -2.13. The average molecular weight is 429 g/mol. The number of carbonyl (C=O) groups excluding carboxylic acids is 1. The number of hydrogen-bond donors (Lipinski definition) is 1. The lowest BCUT2D eigenvalue weighted by Crippen LogP contribution is -2.23. The highest BCUT2D eigenvalue weighted by atomic mass is 32.2. The van der Waals surface area contributed by atoms with E-state index >= 15 is 0 Å². The van der Waals surface area contributed by atoms with Crippen LogP contribution in [0, 0.1) is 0 Å². The quantitative estimate of drug-likeness (QED) is 0.478. The molecule has 1 aliphatic rings. The smallest absolute Gasteiger partial charge is 0.263 e. The summed E-state index contributed by atoms with van der Waals surface area (Å²) >= 11 is 2.95. The zero-order chi connectivity index (χ0) is 20.5. The van der Waals surface area contributed by atoms with Crippen LogP contribution in [0.25, 0.3) is 10.2 Å². The molecule has 0 bridgehead atoms. The van der Waals surface area contributed by atoms with Crippen molar-refractivity contribution in [2.24, 2.45) is 0 Å². The van der Waals surface area contributed by atoms with Crippen LogP contribution in [-0.2, 0) is 24.2 Å². The van der Waals surface area contributed by atoms with Crippen LogP contribution in [0.1, 0.15) is 23.8 Å². The van der Waals surface area contributed by atoms with E-state index in [-0.39, 0.29) is 17.2 Å². The first-order valence-corrected chi connectivity index (χ1v) is 11.5. The van der Waals surface area contributed by atoms with E-state index in [4.69, 9.17) is 4.98 Å². The highest BCUT2D eigenvalue weighted by Crippen LogP contribution is 2.35.